The van der Waals surface area contributed by atoms with E-state index in [1.165, 1.54) is 21.3 Å². The molecule has 0 saturated heterocycles. The maximum Gasteiger partial charge on any atom is 0.0285 e. The number of rotatable bonds is 7. The second kappa shape index (κ2) is 8.32. The summed E-state index contributed by atoms with van der Waals surface area (Å²) < 4.78 is 2.34. The maximum absolute atomic E-state index is 3.67. The summed E-state index contributed by atoms with van der Waals surface area (Å²) in [6.45, 7) is 3.29. The van der Waals surface area contributed by atoms with E-state index in [0.29, 0.717) is 6.04 Å². The summed E-state index contributed by atoms with van der Waals surface area (Å²) in [5, 5.41) is 5.83. The van der Waals surface area contributed by atoms with Gasteiger partial charge in [-0.1, -0.05) is 35.0 Å². The van der Waals surface area contributed by atoms with E-state index in [0.717, 1.165) is 23.9 Å². The lowest BCUT2D eigenvalue weighted by Gasteiger charge is -2.18. The minimum Gasteiger partial charge on any atom is -0.313 e. The minimum absolute atomic E-state index is 0.495. The predicted octanol–water partition coefficient (Wildman–Crippen LogP) is 5.43. The first-order chi connectivity index (χ1) is 9.67. The van der Waals surface area contributed by atoms with Crippen molar-refractivity contribution in [1.29, 1.82) is 0 Å². The van der Waals surface area contributed by atoms with Gasteiger partial charge in [0, 0.05) is 25.2 Å². The van der Waals surface area contributed by atoms with Crippen LogP contribution in [0.15, 0.2) is 44.7 Å². The normalized spacial score (nSPS) is 12.6. The van der Waals surface area contributed by atoms with Gasteiger partial charge in [0.25, 0.3) is 0 Å². The molecule has 1 aromatic heterocycles. The van der Waals surface area contributed by atoms with E-state index in [2.05, 4.69) is 79.8 Å². The Morgan fingerprint density at radius 2 is 2.00 bits per heavy atom. The third-order valence-electron chi connectivity index (χ3n) is 3.12. The summed E-state index contributed by atoms with van der Waals surface area (Å²) in [6.07, 6.45) is 3.32. The van der Waals surface area contributed by atoms with Crippen LogP contribution in [0.25, 0.3) is 0 Å². The highest BCUT2D eigenvalue weighted by Crippen LogP contribution is 2.22. The standard InChI is InChI=1S/C16H19Br2NS/c1-2-6-19-15(10-16-9-14(18)11-20-16)8-12-4-3-5-13(17)7-12/h3-5,7,9,11,15,19H,2,6,8,10H2,1H3. The number of thiophene rings is 1. The van der Waals surface area contributed by atoms with Crippen molar-refractivity contribution in [3.05, 3.63) is 55.1 Å². The van der Waals surface area contributed by atoms with Crippen LogP contribution < -0.4 is 5.32 Å². The Kier molecular flexibility index (Phi) is 6.75. The van der Waals surface area contributed by atoms with Crippen molar-refractivity contribution in [1.82, 2.24) is 5.32 Å². The zero-order valence-electron chi connectivity index (χ0n) is 11.5. The first-order valence-electron chi connectivity index (χ1n) is 6.88. The third-order valence-corrected chi connectivity index (χ3v) is 5.34. The van der Waals surface area contributed by atoms with Gasteiger partial charge in [0.1, 0.15) is 0 Å². The van der Waals surface area contributed by atoms with Gasteiger partial charge in [-0.25, -0.2) is 0 Å². The Bertz CT molecular complexity index is 539. The van der Waals surface area contributed by atoms with E-state index in [-0.39, 0.29) is 0 Å². The zero-order valence-corrected chi connectivity index (χ0v) is 15.5. The summed E-state index contributed by atoms with van der Waals surface area (Å²) in [4.78, 5) is 1.43. The predicted molar refractivity (Wildman–Crippen MR) is 95.7 cm³/mol. The smallest absolute Gasteiger partial charge is 0.0285 e. The average Bonchev–Trinajstić information content (AvgIpc) is 2.81. The molecule has 1 nitrogen and oxygen atoms in total. The SMILES string of the molecule is CCCNC(Cc1cccc(Br)c1)Cc1cc(Br)cs1. The molecule has 2 rings (SSSR count). The monoisotopic (exact) mass is 415 g/mol. The Hall–Kier alpha value is -0.160. The Morgan fingerprint density at radius 3 is 2.65 bits per heavy atom. The van der Waals surface area contributed by atoms with Crippen molar-refractivity contribution in [3.8, 4) is 0 Å². The van der Waals surface area contributed by atoms with E-state index in [1.807, 2.05) is 11.3 Å². The molecule has 0 fully saturated rings. The zero-order chi connectivity index (χ0) is 14.4. The number of hydrogen-bond donors (Lipinski definition) is 1. The summed E-state index contributed by atoms with van der Waals surface area (Å²) in [5.74, 6) is 0. The number of hydrogen-bond acceptors (Lipinski definition) is 2. The van der Waals surface area contributed by atoms with E-state index in [1.54, 1.807) is 0 Å². The van der Waals surface area contributed by atoms with Gasteiger partial charge >= 0.3 is 0 Å². The van der Waals surface area contributed by atoms with Gasteiger partial charge in [-0.3, -0.25) is 0 Å². The summed E-state index contributed by atoms with van der Waals surface area (Å²) in [7, 11) is 0. The molecule has 0 aliphatic carbocycles. The van der Waals surface area contributed by atoms with Gasteiger partial charge in [0.05, 0.1) is 0 Å². The lowest BCUT2D eigenvalue weighted by Crippen LogP contribution is -2.33. The molecule has 108 valence electrons. The Morgan fingerprint density at radius 1 is 1.15 bits per heavy atom. The molecule has 0 radical (unpaired) electrons. The van der Waals surface area contributed by atoms with Crippen LogP contribution in [0.2, 0.25) is 0 Å². The van der Waals surface area contributed by atoms with Crippen LogP contribution in [0.5, 0.6) is 0 Å². The van der Waals surface area contributed by atoms with Crippen molar-refractivity contribution in [2.24, 2.45) is 0 Å². The van der Waals surface area contributed by atoms with Gasteiger partial charge < -0.3 is 5.32 Å². The molecule has 4 heteroatoms. The number of halogens is 2. The van der Waals surface area contributed by atoms with Crippen molar-refractivity contribution in [2.75, 3.05) is 6.54 Å². The van der Waals surface area contributed by atoms with Crippen LogP contribution in [0.4, 0.5) is 0 Å². The Balaban J connectivity index is 2.02. The van der Waals surface area contributed by atoms with Crippen LogP contribution in [-0.2, 0) is 12.8 Å². The summed E-state index contributed by atoms with van der Waals surface area (Å²) >= 11 is 8.91. The van der Waals surface area contributed by atoms with Crippen molar-refractivity contribution < 1.29 is 0 Å². The molecule has 0 aliphatic heterocycles. The van der Waals surface area contributed by atoms with Crippen LogP contribution in [0.1, 0.15) is 23.8 Å². The van der Waals surface area contributed by atoms with Gasteiger partial charge in [0.15, 0.2) is 0 Å². The molecule has 0 aliphatic rings. The topological polar surface area (TPSA) is 12.0 Å². The first kappa shape index (κ1) is 16.2. The molecule has 0 spiro atoms. The molecule has 0 amide bonds. The fraction of sp³-hybridized carbons (Fsp3) is 0.375. The fourth-order valence-electron chi connectivity index (χ4n) is 2.22. The highest BCUT2D eigenvalue weighted by Gasteiger charge is 2.11. The molecular formula is C16H19Br2NS. The molecular weight excluding hydrogens is 398 g/mol. The molecule has 1 N–H and O–H groups in total. The fourth-order valence-corrected chi connectivity index (χ4v) is 4.20. The van der Waals surface area contributed by atoms with Crippen LogP contribution in [0, 0.1) is 0 Å². The molecule has 2 aromatic rings. The van der Waals surface area contributed by atoms with Gasteiger partial charge in [-0.2, -0.15) is 0 Å². The molecule has 20 heavy (non-hydrogen) atoms. The highest BCUT2D eigenvalue weighted by molar-refractivity contribution is 9.10. The summed E-state index contributed by atoms with van der Waals surface area (Å²) in [6, 6.07) is 11.3. The molecule has 0 saturated carbocycles. The van der Waals surface area contributed by atoms with E-state index in [4.69, 9.17) is 0 Å². The average molecular weight is 417 g/mol. The van der Waals surface area contributed by atoms with Gasteiger partial charge in [0.2, 0.25) is 0 Å². The molecule has 1 unspecified atom stereocenters. The largest absolute Gasteiger partial charge is 0.313 e. The maximum atomic E-state index is 3.67. The third kappa shape index (κ3) is 5.32. The number of nitrogens with one attached hydrogen (secondary N) is 1. The van der Waals surface area contributed by atoms with Gasteiger partial charge in [-0.05, 0) is 65.5 Å². The second-order valence-electron chi connectivity index (χ2n) is 4.92. The van der Waals surface area contributed by atoms with Crippen molar-refractivity contribution in [3.63, 3.8) is 0 Å². The first-order valence-corrected chi connectivity index (χ1v) is 9.34. The van der Waals surface area contributed by atoms with Crippen molar-refractivity contribution in [2.45, 2.75) is 32.2 Å². The van der Waals surface area contributed by atoms with Crippen molar-refractivity contribution >= 4 is 43.2 Å². The minimum atomic E-state index is 0.495. The Labute approximate surface area is 142 Å². The van der Waals surface area contributed by atoms with E-state index >= 15 is 0 Å². The quantitative estimate of drug-likeness (QED) is 0.634. The lowest BCUT2D eigenvalue weighted by atomic mass is 10.0. The molecule has 1 atom stereocenters. The lowest BCUT2D eigenvalue weighted by molar-refractivity contribution is 0.507. The van der Waals surface area contributed by atoms with Crippen LogP contribution in [0.3, 0.4) is 0 Å². The molecule has 1 aromatic carbocycles. The van der Waals surface area contributed by atoms with Gasteiger partial charge in [-0.15, -0.1) is 11.3 Å². The molecule has 1 heterocycles. The number of benzene rings is 1. The molecule has 0 bridgehead atoms. The van der Waals surface area contributed by atoms with E-state index < -0.39 is 0 Å². The second-order valence-corrected chi connectivity index (χ2v) is 7.75. The summed E-state index contributed by atoms with van der Waals surface area (Å²) in [5.41, 5.74) is 1.38. The highest BCUT2D eigenvalue weighted by atomic mass is 79.9. The van der Waals surface area contributed by atoms with Crippen LogP contribution in [-0.4, -0.2) is 12.6 Å². The van der Waals surface area contributed by atoms with E-state index in [9.17, 15) is 0 Å². The van der Waals surface area contributed by atoms with Crippen LogP contribution >= 0.6 is 43.2 Å².